The maximum Gasteiger partial charge on any atom is 0.151 e. The minimum atomic E-state index is 0. The molecule has 6 nitrogen and oxygen atoms in total. The molecule has 5 rings (SSSR count). The fraction of sp³-hybridized carbons (Fsp3) is 0.250. The predicted octanol–water partition coefficient (Wildman–Crippen LogP) is 6.23. The van der Waals surface area contributed by atoms with Gasteiger partial charge < -0.3 is 14.5 Å². The zero-order valence-electron chi connectivity index (χ0n) is 20.5. The van der Waals surface area contributed by atoms with Gasteiger partial charge in [-0.05, 0) is 60.9 Å². The molecule has 0 amide bonds. The zero-order valence-corrected chi connectivity index (χ0v) is 22.7. The molecular weight excluding hydrogens is 617 g/mol. The van der Waals surface area contributed by atoms with Gasteiger partial charge in [0.1, 0.15) is 0 Å². The van der Waals surface area contributed by atoms with Crippen molar-refractivity contribution in [3.05, 3.63) is 91.6 Å². The molecule has 0 saturated carbocycles. The molecule has 0 unspecified atom stereocenters. The number of hydrogen-bond acceptors (Lipinski definition) is 5. The summed E-state index contributed by atoms with van der Waals surface area (Å²) in [5.74, 6) is 1.98. The molecule has 184 valence electrons. The van der Waals surface area contributed by atoms with Crippen LogP contribution in [0.1, 0.15) is 40.2 Å². The van der Waals surface area contributed by atoms with E-state index in [2.05, 4.69) is 80.7 Å². The summed E-state index contributed by atoms with van der Waals surface area (Å²) in [6.07, 6.45) is 7.72. The molecule has 35 heavy (non-hydrogen) atoms. The molecule has 2 aromatic heterocycles. The normalized spacial score (nSPS) is 13.5. The van der Waals surface area contributed by atoms with E-state index in [0.29, 0.717) is 17.5 Å². The van der Waals surface area contributed by atoms with Crippen molar-refractivity contribution < 1.29 is 25.8 Å². The summed E-state index contributed by atoms with van der Waals surface area (Å²) in [5, 5.41) is 5.53. The summed E-state index contributed by atoms with van der Waals surface area (Å²) in [5.41, 5.74) is 2.94. The Labute approximate surface area is 221 Å². The fourth-order valence-corrected chi connectivity index (χ4v) is 3.75. The molecule has 1 aliphatic heterocycles. The molecule has 1 aliphatic rings. The summed E-state index contributed by atoms with van der Waals surface area (Å²) in [4.78, 5) is 8.72. The number of aromatic nitrogens is 3. The Bertz CT molecular complexity index is 1350. The summed E-state index contributed by atoms with van der Waals surface area (Å²) in [6, 6.07) is 21.0. The summed E-state index contributed by atoms with van der Waals surface area (Å²) < 4.78 is 7.96. The monoisotopic (exact) mass is 645 g/mol. The van der Waals surface area contributed by atoms with Crippen LogP contribution in [-0.2, 0) is 26.5 Å². The Morgan fingerprint density at radius 3 is 2.54 bits per heavy atom. The second kappa shape index (κ2) is 9.86. The molecule has 3 heterocycles. The molecule has 0 atom stereocenters. The Balaban J connectivity index is 0.00000289. The van der Waals surface area contributed by atoms with Gasteiger partial charge in [0.05, 0.1) is 0 Å². The largest absolute Gasteiger partial charge is 0.509 e. The van der Waals surface area contributed by atoms with Gasteiger partial charge in [-0.1, -0.05) is 26.2 Å². The number of rotatable bonds is 5. The van der Waals surface area contributed by atoms with Crippen LogP contribution in [-0.4, -0.2) is 25.7 Å². The van der Waals surface area contributed by atoms with Gasteiger partial charge in [0.25, 0.3) is 0 Å². The van der Waals surface area contributed by atoms with E-state index in [1.165, 1.54) is 5.56 Å². The van der Waals surface area contributed by atoms with Crippen LogP contribution < -0.4 is 9.64 Å². The summed E-state index contributed by atoms with van der Waals surface area (Å²) in [7, 11) is 0. The second-order valence-electron chi connectivity index (χ2n) is 9.70. The Hall–Kier alpha value is -3.11. The molecule has 0 bridgehead atoms. The van der Waals surface area contributed by atoms with Crippen molar-refractivity contribution in [1.29, 1.82) is 0 Å². The van der Waals surface area contributed by atoms with Crippen molar-refractivity contribution >= 4 is 16.6 Å². The third-order valence-corrected chi connectivity index (χ3v) is 5.79. The molecule has 0 N–H and O–H groups in total. The van der Waals surface area contributed by atoms with Crippen molar-refractivity contribution in [2.45, 2.75) is 46.1 Å². The standard InChI is InChI=1S/C28H28N5O.Pt/c1-20(2)31-13-14-32(19-31)23-7-6-8-24(16-23)34-25-10-9-21-18-30-33(26(21)17-25)27-15-22(11-12-29-27)28(3,4)5;/h6-15,18-20H,1-5H3;/q-3;. The predicted molar refractivity (Wildman–Crippen MR) is 135 cm³/mol. The van der Waals surface area contributed by atoms with Crippen LogP contribution in [0.4, 0.5) is 5.69 Å². The summed E-state index contributed by atoms with van der Waals surface area (Å²) in [6.45, 7) is 12.9. The van der Waals surface area contributed by atoms with Crippen molar-refractivity contribution in [1.82, 2.24) is 19.7 Å². The molecule has 7 heteroatoms. The van der Waals surface area contributed by atoms with Gasteiger partial charge in [0.2, 0.25) is 0 Å². The van der Waals surface area contributed by atoms with Gasteiger partial charge in [0, 0.05) is 45.0 Å². The Morgan fingerprint density at radius 1 is 1.00 bits per heavy atom. The first-order valence-electron chi connectivity index (χ1n) is 11.4. The van der Waals surface area contributed by atoms with Gasteiger partial charge in [-0.2, -0.15) is 23.9 Å². The van der Waals surface area contributed by atoms with Gasteiger partial charge in [-0.15, -0.1) is 36.0 Å². The first-order valence-corrected chi connectivity index (χ1v) is 11.4. The summed E-state index contributed by atoms with van der Waals surface area (Å²) >= 11 is 0. The fourth-order valence-electron chi connectivity index (χ4n) is 3.75. The van der Waals surface area contributed by atoms with E-state index in [4.69, 9.17) is 4.74 Å². The first-order chi connectivity index (χ1) is 16.3. The first kappa shape index (κ1) is 25.0. The number of pyridine rings is 1. The van der Waals surface area contributed by atoms with Crippen molar-refractivity contribution in [3.8, 4) is 17.3 Å². The molecular formula is C28H28N5OPt-3. The molecule has 0 saturated heterocycles. The Morgan fingerprint density at radius 2 is 1.80 bits per heavy atom. The van der Waals surface area contributed by atoms with Crippen LogP contribution in [0.5, 0.6) is 11.5 Å². The van der Waals surface area contributed by atoms with Crippen LogP contribution in [0, 0.1) is 18.8 Å². The molecule has 4 aromatic rings. The van der Waals surface area contributed by atoms with Gasteiger partial charge in [-0.25, -0.2) is 9.67 Å². The SMILES string of the molecule is CC(C)N1C=CN(c2[c-]c(Oc3[c-]c4c(cc3)cnn4-c3cc(C(C)(C)C)ccn3)ccc2)[CH-]1.[Pt]. The van der Waals surface area contributed by atoms with Crippen LogP contribution in [0.2, 0.25) is 0 Å². The number of fused-ring (bicyclic) bond motifs is 1. The van der Waals surface area contributed by atoms with E-state index in [1.807, 2.05) is 64.6 Å². The van der Waals surface area contributed by atoms with E-state index in [0.717, 1.165) is 22.4 Å². The van der Waals surface area contributed by atoms with Crippen LogP contribution in [0.25, 0.3) is 16.7 Å². The quantitative estimate of drug-likeness (QED) is 0.241. The van der Waals surface area contributed by atoms with Crippen molar-refractivity contribution in [2.24, 2.45) is 0 Å². The van der Waals surface area contributed by atoms with Gasteiger partial charge in [-0.3, -0.25) is 0 Å². The molecule has 2 aromatic carbocycles. The number of anilines is 1. The number of nitrogens with zero attached hydrogens (tertiary/aromatic N) is 5. The molecule has 0 aliphatic carbocycles. The van der Waals surface area contributed by atoms with E-state index in [9.17, 15) is 0 Å². The molecule has 0 fully saturated rings. The van der Waals surface area contributed by atoms with E-state index < -0.39 is 0 Å². The van der Waals surface area contributed by atoms with E-state index >= 15 is 0 Å². The van der Waals surface area contributed by atoms with Crippen LogP contribution in [0.3, 0.4) is 0 Å². The number of hydrogen-bond donors (Lipinski definition) is 0. The average molecular weight is 646 g/mol. The van der Waals surface area contributed by atoms with E-state index in [1.54, 1.807) is 0 Å². The van der Waals surface area contributed by atoms with Crippen LogP contribution in [0.15, 0.2) is 67.3 Å². The van der Waals surface area contributed by atoms with Gasteiger partial charge in [0.15, 0.2) is 5.82 Å². The Kier molecular flexibility index (Phi) is 7.04. The number of ether oxygens (including phenoxy) is 1. The third-order valence-electron chi connectivity index (χ3n) is 5.79. The zero-order chi connectivity index (χ0) is 23.9. The van der Waals surface area contributed by atoms with E-state index in [-0.39, 0.29) is 26.5 Å². The van der Waals surface area contributed by atoms with Crippen molar-refractivity contribution in [2.75, 3.05) is 4.90 Å². The second-order valence-corrected chi connectivity index (χ2v) is 9.70. The van der Waals surface area contributed by atoms with Crippen molar-refractivity contribution in [3.63, 3.8) is 0 Å². The molecule has 0 spiro atoms. The number of benzene rings is 2. The topological polar surface area (TPSA) is 46.4 Å². The third kappa shape index (κ3) is 5.28. The van der Waals surface area contributed by atoms with Crippen LogP contribution >= 0.6 is 0 Å². The smallest absolute Gasteiger partial charge is 0.151 e. The minimum absolute atomic E-state index is 0. The minimum Gasteiger partial charge on any atom is -0.509 e. The van der Waals surface area contributed by atoms with Gasteiger partial charge >= 0.3 is 0 Å². The molecule has 0 radical (unpaired) electrons. The average Bonchev–Trinajstić information content (AvgIpc) is 3.46. The maximum absolute atomic E-state index is 6.15. The maximum atomic E-state index is 6.15.